The van der Waals surface area contributed by atoms with Crippen LogP contribution in [0.1, 0.15) is 32.3 Å². The highest BCUT2D eigenvalue weighted by Crippen LogP contribution is 2.36. The van der Waals surface area contributed by atoms with Crippen molar-refractivity contribution in [3.8, 4) is 5.75 Å². The van der Waals surface area contributed by atoms with Crippen LogP contribution in [0.4, 0.5) is 0 Å². The van der Waals surface area contributed by atoms with Crippen molar-refractivity contribution in [3.05, 3.63) is 29.8 Å². The minimum Gasteiger partial charge on any atom is -0.497 e. The first kappa shape index (κ1) is 13.4. The lowest BCUT2D eigenvalue weighted by Gasteiger charge is -2.25. The first-order chi connectivity index (χ1) is 8.42. The molecule has 1 aromatic rings. The highest BCUT2D eigenvalue weighted by molar-refractivity contribution is 5.28. The van der Waals surface area contributed by atoms with Crippen molar-refractivity contribution in [1.82, 2.24) is 0 Å². The molecule has 1 heterocycles. The third-order valence-electron chi connectivity index (χ3n) is 3.48. The Labute approximate surface area is 109 Å². The van der Waals surface area contributed by atoms with E-state index in [1.54, 1.807) is 7.11 Å². The molecule has 0 aromatic heterocycles. The maximum Gasteiger partial charge on any atom is 0.119 e. The van der Waals surface area contributed by atoms with E-state index in [0.29, 0.717) is 6.42 Å². The molecule has 2 atom stereocenters. The van der Waals surface area contributed by atoms with Crippen LogP contribution >= 0.6 is 0 Å². The molecule has 1 saturated heterocycles. The number of hydrogen-bond acceptors (Lipinski definition) is 3. The summed E-state index contributed by atoms with van der Waals surface area (Å²) in [6.07, 6.45) is 2.28. The molecular weight excluding hydrogens is 228 g/mol. The summed E-state index contributed by atoms with van der Waals surface area (Å²) in [4.78, 5) is 0. The van der Waals surface area contributed by atoms with E-state index in [2.05, 4.69) is 6.07 Å². The van der Waals surface area contributed by atoms with Crippen LogP contribution in [-0.4, -0.2) is 30.0 Å². The fraction of sp³-hybridized carbons (Fsp3) is 0.600. The summed E-state index contributed by atoms with van der Waals surface area (Å²) < 4.78 is 10.5. The predicted molar refractivity (Wildman–Crippen MR) is 70.9 cm³/mol. The number of methoxy groups -OCH3 is 1. The zero-order valence-electron chi connectivity index (χ0n) is 11.4. The van der Waals surface area contributed by atoms with Crippen molar-refractivity contribution < 1.29 is 14.6 Å². The molecule has 0 amide bonds. The molecule has 0 bridgehead atoms. The Hall–Kier alpha value is -1.06. The second kappa shape index (κ2) is 4.90. The second-order valence-corrected chi connectivity index (χ2v) is 5.76. The molecule has 0 spiro atoms. The maximum absolute atomic E-state index is 10.4. The summed E-state index contributed by atoms with van der Waals surface area (Å²) in [5, 5.41) is 10.4. The van der Waals surface area contributed by atoms with Gasteiger partial charge >= 0.3 is 0 Å². The van der Waals surface area contributed by atoms with Crippen molar-refractivity contribution in [2.24, 2.45) is 0 Å². The fourth-order valence-corrected chi connectivity index (χ4v) is 2.36. The third kappa shape index (κ3) is 3.72. The summed E-state index contributed by atoms with van der Waals surface area (Å²) in [6, 6.07) is 7.99. The molecule has 1 aliphatic rings. The molecule has 18 heavy (non-hydrogen) atoms. The van der Waals surface area contributed by atoms with Gasteiger partial charge in [-0.25, -0.2) is 0 Å². The zero-order valence-corrected chi connectivity index (χ0v) is 11.4. The molecule has 1 fully saturated rings. The number of epoxide rings is 1. The highest BCUT2D eigenvalue weighted by Gasteiger charge is 2.44. The van der Waals surface area contributed by atoms with Crippen molar-refractivity contribution in [2.45, 2.75) is 44.3 Å². The Bertz CT molecular complexity index is 408. The van der Waals surface area contributed by atoms with Gasteiger partial charge in [-0.3, -0.25) is 0 Å². The molecule has 1 N–H and O–H groups in total. The van der Waals surface area contributed by atoms with Gasteiger partial charge in [0.2, 0.25) is 0 Å². The van der Waals surface area contributed by atoms with Gasteiger partial charge in [0.15, 0.2) is 0 Å². The number of aryl methyl sites for hydroxylation is 1. The van der Waals surface area contributed by atoms with E-state index in [0.717, 1.165) is 25.2 Å². The Morgan fingerprint density at radius 2 is 2.22 bits per heavy atom. The van der Waals surface area contributed by atoms with Crippen LogP contribution in [0.2, 0.25) is 0 Å². The summed E-state index contributed by atoms with van der Waals surface area (Å²) in [7, 11) is 1.67. The lowest BCUT2D eigenvalue weighted by atomic mass is 9.88. The molecule has 100 valence electrons. The number of aliphatic hydroxyl groups is 1. The molecule has 2 unspecified atom stereocenters. The molecule has 0 saturated carbocycles. The van der Waals surface area contributed by atoms with Crippen molar-refractivity contribution in [1.29, 1.82) is 0 Å². The first-order valence-corrected chi connectivity index (χ1v) is 6.42. The first-order valence-electron chi connectivity index (χ1n) is 6.42. The zero-order chi connectivity index (χ0) is 13.2. The highest BCUT2D eigenvalue weighted by atomic mass is 16.6. The second-order valence-electron chi connectivity index (χ2n) is 5.76. The van der Waals surface area contributed by atoms with Crippen molar-refractivity contribution in [2.75, 3.05) is 13.7 Å². The van der Waals surface area contributed by atoms with E-state index in [1.807, 2.05) is 32.0 Å². The largest absolute Gasteiger partial charge is 0.497 e. The van der Waals surface area contributed by atoms with E-state index < -0.39 is 5.60 Å². The van der Waals surface area contributed by atoms with Crippen LogP contribution < -0.4 is 4.74 Å². The quantitative estimate of drug-likeness (QED) is 0.789. The lowest BCUT2D eigenvalue weighted by Crippen LogP contribution is -2.31. The minimum absolute atomic E-state index is 0.0993. The maximum atomic E-state index is 10.4. The topological polar surface area (TPSA) is 42.0 Å². The van der Waals surface area contributed by atoms with Crippen molar-refractivity contribution >= 4 is 0 Å². The summed E-state index contributed by atoms with van der Waals surface area (Å²) in [5.41, 5.74) is 0.420. The number of rotatable bonds is 6. The van der Waals surface area contributed by atoms with E-state index >= 15 is 0 Å². The van der Waals surface area contributed by atoms with Gasteiger partial charge in [0.05, 0.1) is 24.9 Å². The van der Waals surface area contributed by atoms with Gasteiger partial charge in [-0.15, -0.1) is 0 Å². The van der Waals surface area contributed by atoms with Crippen LogP contribution in [0.5, 0.6) is 5.75 Å². The Morgan fingerprint density at radius 1 is 1.50 bits per heavy atom. The monoisotopic (exact) mass is 250 g/mol. The van der Waals surface area contributed by atoms with Crippen molar-refractivity contribution in [3.63, 3.8) is 0 Å². The molecule has 3 nitrogen and oxygen atoms in total. The van der Waals surface area contributed by atoms with Crippen LogP contribution in [0.25, 0.3) is 0 Å². The van der Waals surface area contributed by atoms with Gasteiger partial charge in [0, 0.05) is 6.42 Å². The van der Waals surface area contributed by atoms with E-state index in [4.69, 9.17) is 9.47 Å². The number of benzene rings is 1. The average molecular weight is 250 g/mol. The molecule has 2 rings (SSSR count). The SMILES string of the molecule is COc1cccc(CCC(C)(O)CC2(C)CO2)c1. The molecule has 0 aliphatic carbocycles. The molecular formula is C15H22O3. The predicted octanol–water partition coefficient (Wildman–Crippen LogP) is 2.56. The third-order valence-corrected chi connectivity index (χ3v) is 3.48. The number of hydrogen-bond donors (Lipinski definition) is 1. The van der Waals surface area contributed by atoms with Gasteiger partial charge in [-0.05, 0) is 44.4 Å². The summed E-state index contributed by atoms with van der Waals surface area (Å²) in [6.45, 7) is 4.70. The van der Waals surface area contributed by atoms with Crippen LogP contribution in [0.15, 0.2) is 24.3 Å². The van der Waals surface area contributed by atoms with Crippen LogP contribution in [-0.2, 0) is 11.2 Å². The van der Waals surface area contributed by atoms with Crippen LogP contribution in [0.3, 0.4) is 0 Å². The summed E-state index contributed by atoms with van der Waals surface area (Å²) >= 11 is 0. The fourth-order valence-electron chi connectivity index (χ4n) is 2.36. The molecule has 0 radical (unpaired) electrons. The normalized spacial score (nSPS) is 25.6. The van der Waals surface area contributed by atoms with Gasteiger partial charge < -0.3 is 14.6 Å². The Kier molecular flexibility index (Phi) is 3.64. The van der Waals surface area contributed by atoms with Gasteiger partial charge in [0.25, 0.3) is 0 Å². The minimum atomic E-state index is -0.672. The molecule has 1 aromatic carbocycles. The van der Waals surface area contributed by atoms with E-state index in [-0.39, 0.29) is 5.60 Å². The Balaban J connectivity index is 1.89. The van der Waals surface area contributed by atoms with Gasteiger partial charge in [-0.1, -0.05) is 12.1 Å². The van der Waals surface area contributed by atoms with Gasteiger partial charge in [-0.2, -0.15) is 0 Å². The smallest absolute Gasteiger partial charge is 0.119 e. The standard InChI is InChI=1S/C15H22O3/c1-14(16,10-15(2)11-18-15)8-7-12-5-4-6-13(9-12)17-3/h4-6,9,16H,7-8,10-11H2,1-3H3. The lowest BCUT2D eigenvalue weighted by molar-refractivity contribution is 0.0208. The molecule has 3 heteroatoms. The molecule has 1 aliphatic heterocycles. The number of ether oxygens (including phenoxy) is 2. The van der Waals surface area contributed by atoms with Gasteiger partial charge in [0.1, 0.15) is 5.75 Å². The van der Waals surface area contributed by atoms with E-state index in [9.17, 15) is 5.11 Å². The Morgan fingerprint density at radius 3 is 2.83 bits per heavy atom. The summed E-state index contributed by atoms with van der Waals surface area (Å²) in [5.74, 6) is 0.865. The average Bonchev–Trinajstić information content (AvgIpc) is 3.03. The van der Waals surface area contributed by atoms with E-state index in [1.165, 1.54) is 5.56 Å². The van der Waals surface area contributed by atoms with Crippen LogP contribution in [0, 0.1) is 0 Å².